The average Bonchev–Trinajstić information content (AvgIpc) is 2.49. The number of carbonyl (C=O) groups is 1. The van der Waals surface area contributed by atoms with E-state index in [1.807, 2.05) is 39.2 Å². The summed E-state index contributed by atoms with van der Waals surface area (Å²) in [6.45, 7) is 6.50. The number of amides is 1. The van der Waals surface area contributed by atoms with Gasteiger partial charge in [0, 0.05) is 18.5 Å². The maximum absolute atomic E-state index is 12.5. The maximum Gasteiger partial charge on any atom is 0.227 e. The van der Waals surface area contributed by atoms with Crippen LogP contribution in [-0.2, 0) is 4.79 Å². The number of piperidine rings is 1. The van der Waals surface area contributed by atoms with Crippen molar-refractivity contribution in [2.24, 2.45) is 5.92 Å². The van der Waals surface area contributed by atoms with Gasteiger partial charge in [-0.05, 0) is 65.0 Å². The lowest BCUT2D eigenvalue weighted by atomic mass is 9.92. The molecule has 1 aromatic carbocycles. The Kier molecular flexibility index (Phi) is 6.42. The van der Waals surface area contributed by atoms with Crippen molar-refractivity contribution in [3.05, 3.63) is 23.8 Å². The molecular formula is C18H29N3O2. The number of nitrogens with zero attached hydrogens (tertiary/aromatic N) is 1. The van der Waals surface area contributed by atoms with Crippen LogP contribution in [0, 0.1) is 12.8 Å². The molecule has 2 N–H and O–H groups in total. The number of hydrogen-bond donors (Lipinski definition) is 2. The summed E-state index contributed by atoms with van der Waals surface area (Å²) < 4.78 is 5.87. The highest BCUT2D eigenvalue weighted by atomic mass is 16.5. The first kappa shape index (κ1) is 17.8. The minimum Gasteiger partial charge on any atom is -0.490 e. The van der Waals surface area contributed by atoms with Crippen LogP contribution in [0.15, 0.2) is 18.2 Å². The van der Waals surface area contributed by atoms with E-state index < -0.39 is 0 Å². The number of rotatable bonds is 6. The van der Waals surface area contributed by atoms with Crippen molar-refractivity contribution in [3.63, 3.8) is 0 Å². The summed E-state index contributed by atoms with van der Waals surface area (Å²) >= 11 is 0. The van der Waals surface area contributed by atoms with Gasteiger partial charge in [0.2, 0.25) is 5.91 Å². The van der Waals surface area contributed by atoms with Gasteiger partial charge < -0.3 is 20.3 Å². The van der Waals surface area contributed by atoms with Crippen LogP contribution in [0.5, 0.6) is 5.75 Å². The summed E-state index contributed by atoms with van der Waals surface area (Å²) in [6, 6.07) is 6.31. The number of likely N-dealkylation sites (N-methyl/N-ethyl adjacent to an activating group) is 1. The second-order valence-corrected chi connectivity index (χ2v) is 6.72. The van der Waals surface area contributed by atoms with E-state index in [4.69, 9.17) is 4.74 Å². The van der Waals surface area contributed by atoms with Crippen molar-refractivity contribution in [1.82, 2.24) is 10.2 Å². The number of nitrogens with one attached hydrogen (secondary N) is 2. The van der Waals surface area contributed by atoms with Crippen molar-refractivity contribution in [2.75, 3.05) is 39.1 Å². The molecule has 0 saturated carbocycles. The first-order chi connectivity index (χ1) is 11.0. The van der Waals surface area contributed by atoms with Gasteiger partial charge in [0.1, 0.15) is 12.4 Å². The van der Waals surface area contributed by atoms with E-state index in [9.17, 15) is 4.79 Å². The summed E-state index contributed by atoms with van der Waals surface area (Å²) in [5, 5.41) is 6.44. The smallest absolute Gasteiger partial charge is 0.227 e. The van der Waals surface area contributed by atoms with Crippen molar-refractivity contribution in [1.29, 1.82) is 0 Å². The van der Waals surface area contributed by atoms with Crippen LogP contribution in [0.1, 0.15) is 25.3 Å². The van der Waals surface area contributed by atoms with Gasteiger partial charge in [0.25, 0.3) is 0 Å². The molecule has 0 radical (unpaired) electrons. The van der Waals surface area contributed by atoms with Crippen LogP contribution >= 0.6 is 0 Å². The van der Waals surface area contributed by atoms with Crippen molar-refractivity contribution in [3.8, 4) is 5.75 Å². The van der Waals surface area contributed by atoms with Crippen LogP contribution in [0.3, 0.4) is 0 Å². The molecule has 1 amide bonds. The Hall–Kier alpha value is -1.59. The Morgan fingerprint density at radius 3 is 2.91 bits per heavy atom. The molecule has 1 saturated heterocycles. The van der Waals surface area contributed by atoms with E-state index in [2.05, 4.69) is 22.5 Å². The molecule has 0 bridgehead atoms. The fraction of sp³-hybridized carbons (Fsp3) is 0.611. The molecule has 5 heteroatoms. The minimum absolute atomic E-state index is 0.0715. The molecule has 0 unspecified atom stereocenters. The molecule has 1 aliphatic rings. The van der Waals surface area contributed by atoms with Gasteiger partial charge in [-0.2, -0.15) is 0 Å². The number of hydrogen-bond acceptors (Lipinski definition) is 4. The number of anilines is 1. The Morgan fingerprint density at radius 1 is 1.43 bits per heavy atom. The number of aryl methyl sites for hydroxylation is 1. The van der Waals surface area contributed by atoms with Crippen molar-refractivity contribution < 1.29 is 9.53 Å². The molecule has 2 rings (SSSR count). The molecule has 5 nitrogen and oxygen atoms in total. The lowest BCUT2D eigenvalue weighted by Crippen LogP contribution is -2.40. The summed E-state index contributed by atoms with van der Waals surface area (Å²) in [5.74, 6) is 0.920. The highest BCUT2D eigenvalue weighted by molar-refractivity contribution is 5.94. The van der Waals surface area contributed by atoms with E-state index in [1.165, 1.54) is 0 Å². The van der Waals surface area contributed by atoms with E-state index in [-0.39, 0.29) is 11.8 Å². The van der Waals surface area contributed by atoms with Gasteiger partial charge in [0.05, 0.1) is 5.69 Å². The molecule has 0 aromatic heterocycles. The third-order valence-corrected chi connectivity index (χ3v) is 4.19. The lowest BCUT2D eigenvalue weighted by Gasteiger charge is -2.27. The maximum atomic E-state index is 12.5. The molecule has 1 fully saturated rings. The van der Waals surface area contributed by atoms with Crippen LogP contribution in [-0.4, -0.2) is 50.6 Å². The van der Waals surface area contributed by atoms with Crippen LogP contribution < -0.4 is 15.4 Å². The highest BCUT2D eigenvalue weighted by Gasteiger charge is 2.25. The van der Waals surface area contributed by atoms with E-state index >= 15 is 0 Å². The standard InChI is InChI=1S/C18H29N3O2/c1-13-5-6-16(17(11-13)23-10-9-21(3)4)20-18(22)15-7-8-19-14(2)12-15/h5-6,11,14-15,19H,7-10,12H2,1-4H3,(H,20,22)/t14-,15-/m0/s1. The molecule has 1 aliphatic heterocycles. The third kappa shape index (κ3) is 5.52. The second kappa shape index (κ2) is 8.31. The monoisotopic (exact) mass is 319 g/mol. The molecule has 1 aromatic rings. The SMILES string of the molecule is Cc1ccc(NC(=O)[C@H]2CCN[C@@H](C)C2)c(OCCN(C)C)c1. The number of ether oxygens (including phenoxy) is 1. The normalized spacial score (nSPS) is 21.3. The largest absolute Gasteiger partial charge is 0.490 e. The van der Waals surface area contributed by atoms with Gasteiger partial charge in [0.15, 0.2) is 0 Å². The zero-order valence-electron chi connectivity index (χ0n) is 14.7. The summed E-state index contributed by atoms with van der Waals surface area (Å²) in [5.41, 5.74) is 1.89. The molecule has 0 spiro atoms. The van der Waals surface area contributed by atoms with Crippen LogP contribution in [0.25, 0.3) is 0 Å². The first-order valence-corrected chi connectivity index (χ1v) is 8.38. The molecule has 1 heterocycles. The topological polar surface area (TPSA) is 53.6 Å². The zero-order valence-corrected chi connectivity index (χ0v) is 14.7. The Balaban J connectivity index is 2.01. The molecule has 2 atom stereocenters. The van der Waals surface area contributed by atoms with Crippen molar-refractivity contribution in [2.45, 2.75) is 32.7 Å². The average molecular weight is 319 g/mol. The Labute approximate surface area is 139 Å². The van der Waals surface area contributed by atoms with E-state index in [1.54, 1.807) is 0 Å². The first-order valence-electron chi connectivity index (χ1n) is 8.38. The summed E-state index contributed by atoms with van der Waals surface area (Å²) in [6.07, 6.45) is 1.77. The van der Waals surface area contributed by atoms with E-state index in [0.717, 1.165) is 42.9 Å². The van der Waals surface area contributed by atoms with Gasteiger partial charge in [-0.1, -0.05) is 6.07 Å². The highest BCUT2D eigenvalue weighted by Crippen LogP contribution is 2.27. The fourth-order valence-corrected chi connectivity index (χ4v) is 2.80. The Bertz CT molecular complexity index is 531. The van der Waals surface area contributed by atoms with Gasteiger partial charge >= 0.3 is 0 Å². The molecule has 128 valence electrons. The number of carbonyl (C=O) groups excluding carboxylic acids is 1. The predicted octanol–water partition coefficient (Wildman–Crippen LogP) is 2.26. The Morgan fingerprint density at radius 2 is 2.22 bits per heavy atom. The third-order valence-electron chi connectivity index (χ3n) is 4.19. The second-order valence-electron chi connectivity index (χ2n) is 6.72. The fourth-order valence-electron chi connectivity index (χ4n) is 2.80. The summed E-state index contributed by atoms with van der Waals surface area (Å²) in [7, 11) is 4.03. The quantitative estimate of drug-likeness (QED) is 0.844. The molecular weight excluding hydrogens is 290 g/mol. The molecule has 23 heavy (non-hydrogen) atoms. The van der Waals surface area contributed by atoms with Gasteiger partial charge in [-0.15, -0.1) is 0 Å². The van der Waals surface area contributed by atoms with E-state index in [0.29, 0.717) is 12.6 Å². The summed E-state index contributed by atoms with van der Waals surface area (Å²) in [4.78, 5) is 14.6. The minimum atomic E-state index is 0.0715. The zero-order chi connectivity index (χ0) is 16.8. The number of benzene rings is 1. The van der Waals surface area contributed by atoms with Crippen molar-refractivity contribution >= 4 is 11.6 Å². The molecule has 0 aliphatic carbocycles. The van der Waals surface area contributed by atoms with Crippen LogP contribution in [0.2, 0.25) is 0 Å². The van der Waals surface area contributed by atoms with Crippen LogP contribution in [0.4, 0.5) is 5.69 Å². The predicted molar refractivity (Wildman–Crippen MR) is 94.0 cm³/mol. The van der Waals surface area contributed by atoms with Gasteiger partial charge in [-0.25, -0.2) is 0 Å². The lowest BCUT2D eigenvalue weighted by molar-refractivity contribution is -0.120. The van der Waals surface area contributed by atoms with Gasteiger partial charge in [-0.3, -0.25) is 4.79 Å².